The third kappa shape index (κ3) is 4.00. The summed E-state index contributed by atoms with van der Waals surface area (Å²) in [5.41, 5.74) is 0.440. The number of pyridine rings is 1. The maximum Gasteiger partial charge on any atom is 0.251 e. The Labute approximate surface area is 148 Å². The lowest BCUT2D eigenvalue weighted by Gasteiger charge is -2.50. The van der Waals surface area contributed by atoms with Crippen LogP contribution in [0.15, 0.2) is 24.5 Å². The van der Waals surface area contributed by atoms with Crippen molar-refractivity contribution in [1.29, 1.82) is 0 Å². The Morgan fingerprint density at radius 3 is 2.76 bits per heavy atom. The van der Waals surface area contributed by atoms with Crippen LogP contribution in [-0.2, 0) is 9.53 Å². The van der Waals surface area contributed by atoms with Crippen LogP contribution in [0.25, 0.3) is 0 Å². The maximum atomic E-state index is 12.2. The molecule has 1 aromatic rings. The Morgan fingerprint density at radius 2 is 2.08 bits per heavy atom. The Kier molecular flexibility index (Phi) is 5.37. The van der Waals surface area contributed by atoms with E-state index in [1.165, 1.54) is 0 Å². The SMILES string of the molecule is CC(C)CC(=O)N1CC2(C1)OCCC2CCNC(=O)c1ccncc1. The first-order valence-corrected chi connectivity index (χ1v) is 9.10. The molecule has 2 saturated heterocycles. The van der Waals surface area contributed by atoms with Gasteiger partial charge in [0.2, 0.25) is 5.91 Å². The van der Waals surface area contributed by atoms with Gasteiger partial charge in [0.1, 0.15) is 5.60 Å². The van der Waals surface area contributed by atoms with Crippen LogP contribution in [0.5, 0.6) is 0 Å². The molecule has 3 rings (SSSR count). The number of aromatic nitrogens is 1. The minimum atomic E-state index is -0.186. The van der Waals surface area contributed by atoms with Crippen molar-refractivity contribution in [3.63, 3.8) is 0 Å². The van der Waals surface area contributed by atoms with E-state index in [0.29, 0.717) is 43.5 Å². The summed E-state index contributed by atoms with van der Waals surface area (Å²) in [6.45, 7) is 6.89. The monoisotopic (exact) mass is 345 g/mol. The van der Waals surface area contributed by atoms with Gasteiger partial charge in [-0.15, -0.1) is 0 Å². The van der Waals surface area contributed by atoms with E-state index in [-0.39, 0.29) is 17.4 Å². The van der Waals surface area contributed by atoms with Crippen LogP contribution in [0.2, 0.25) is 0 Å². The van der Waals surface area contributed by atoms with Gasteiger partial charge in [0, 0.05) is 37.5 Å². The largest absolute Gasteiger partial charge is 0.371 e. The fraction of sp³-hybridized carbons (Fsp3) is 0.632. The van der Waals surface area contributed by atoms with E-state index in [2.05, 4.69) is 24.1 Å². The van der Waals surface area contributed by atoms with Gasteiger partial charge in [0.15, 0.2) is 0 Å². The first kappa shape index (κ1) is 17.9. The number of nitrogens with one attached hydrogen (secondary N) is 1. The third-order valence-electron chi connectivity index (χ3n) is 5.17. The maximum absolute atomic E-state index is 12.2. The smallest absolute Gasteiger partial charge is 0.251 e. The zero-order valence-corrected chi connectivity index (χ0v) is 15.0. The Hall–Kier alpha value is -1.95. The molecule has 3 heterocycles. The van der Waals surface area contributed by atoms with Crippen molar-refractivity contribution in [3.8, 4) is 0 Å². The second-order valence-electron chi connectivity index (χ2n) is 7.53. The first-order valence-electron chi connectivity index (χ1n) is 9.10. The van der Waals surface area contributed by atoms with E-state index in [1.54, 1.807) is 24.5 Å². The minimum absolute atomic E-state index is 0.0716. The molecule has 136 valence electrons. The zero-order valence-electron chi connectivity index (χ0n) is 15.0. The van der Waals surface area contributed by atoms with Crippen molar-refractivity contribution in [3.05, 3.63) is 30.1 Å². The van der Waals surface area contributed by atoms with E-state index < -0.39 is 0 Å². The predicted molar refractivity (Wildman–Crippen MR) is 94.0 cm³/mol. The molecule has 2 aliphatic heterocycles. The molecule has 25 heavy (non-hydrogen) atoms. The number of hydrogen-bond donors (Lipinski definition) is 1. The first-order chi connectivity index (χ1) is 12.0. The number of nitrogens with zero attached hydrogens (tertiary/aromatic N) is 2. The molecular weight excluding hydrogens is 318 g/mol. The molecule has 1 aromatic heterocycles. The topological polar surface area (TPSA) is 71.5 Å². The summed E-state index contributed by atoms with van der Waals surface area (Å²) in [7, 11) is 0. The number of carbonyl (C=O) groups is 2. The molecule has 0 saturated carbocycles. The standard InChI is InChI=1S/C19H27N3O3/c1-14(2)11-17(23)22-12-19(13-22)16(6-10-25-19)5-9-21-18(24)15-3-7-20-8-4-15/h3-4,7-8,14,16H,5-6,9-13H2,1-2H3,(H,21,24). The summed E-state index contributed by atoms with van der Waals surface area (Å²) >= 11 is 0. The highest BCUT2D eigenvalue weighted by Crippen LogP contribution is 2.41. The number of hydrogen-bond acceptors (Lipinski definition) is 4. The molecular formula is C19H27N3O3. The van der Waals surface area contributed by atoms with Crippen LogP contribution in [0, 0.1) is 11.8 Å². The summed E-state index contributed by atoms with van der Waals surface area (Å²) in [5.74, 6) is 0.930. The molecule has 1 atom stereocenters. The summed E-state index contributed by atoms with van der Waals surface area (Å²) < 4.78 is 6.00. The van der Waals surface area contributed by atoms with Gasteiger partial charge < -0.3 is 15.0 Å². The third-order valence-corrected chi connectivity index (χ3v) is 5.17. The molecule has 2 aliphatic rings. The van der Waals surface area contributed by atoms with Crippen LogP contribution in [0.3, 0.4) is 0 Å². The van der Waals surface area contributed by atoms with E-state index >= 15 is 0 Å². The highest BCUT2D eigenvalue weighted by molar-refractivity contribution is 5.93. The zero-order chi connectivity index (χ0) is 17.9. The van der Waals surface area contributed by atoms with Gasteiger partial charge in [-0.1, -0.05) is 13.8 Å². The van der Waals surface area contributed by atoms with Crippen LogP contribution in [0.1, 0.15) is 43.5 Å². The molecule has 6 heteroatoms. The molecule has 1 spiro atoms. The summed E-state index contributed by atoms with van der Waals surface area (Å²) in [6, 6.07) is 3.42. The lowest BCUT2D eigenvalue weighted by atomic mass is 9.78. The summed E-state index contributed by atoms with van der Waals surface area (Å²) in [5, 5.41) is 2.97. The number of amides is 2. The van der Waals surface area contributed by atoms with E-state index in [0.717, 1.165) is 19.4 Å². The summed E-state index contributed by atoms with van der Waals surface area (Å²) in [4.78, 5) is 30.1. The predicted octanol–water partition coefficient (Wildman–Crippen LogP) is 1.87. The molecule has 2 amide bonds. The van der Waals surface area contributed by atoms with Crippen LogP contribution in [-0.4, -0.2) is 53.5 Å². The highest BCUT2D eigenvalue weighted by atomic mass is 16.5. The van der Waals surface area contributed by atoms with Gasteiger partial charge in [-0.25, -0.2) is 0 Å². The number of rotatable bonds is 6. The van der Waals surface area contributed by atoms with E-state index in [9.17, 15) is 9.59 Å². The molecule has 1 unspecified atom stereocenters. The fourth-order valence-electron chi connectivity index (χ4n) is 3.76. The van der Waals surface area contributed by atoms with Crippen molar-refractivity contribution in [2.75, 3.05) is 26.2 Å². The molecule has 0 aliphatic carbocycles. The second kappa shape index (κ2) is 7.52. The quantitative estimate of drug-likeness (QED) is 0.854. The fourth-order valence-corrected chi connectivity index (χ4v) is 3.76. The van der Waals surface area contributed by atoms with E-state index in [1.807, 2.05) is 4.90 Å². The van der Waals surface area contributed by atoms with Crippen LogP contribution >= 0.6 is 0 Å². The van der Waals surface area contributed by atoms with Crippen molar-refractivity contribution < 1.29 is 14.3 Å². The Balaban J connectivity index is 1.45. The van der Waals surface area contributed by atoms with Crippen molar-refractivity contribution >= 4 is 11.8 Å². The van der Waals surface area contributed by atoms with Gasteiger partial charge in [-0.3, -0.25) is 14.6 Å². The molecule has 1 N–H and O–H groups in total. The Bertz CT molecular complexity index is 612. The lowest BCUT2D eigenvalue weighted by molar-refractivity contribution is -0.166. The van der Waals surface area contributed by atoms with Gasteiger partial charge >= 0.3 is 0 Å². The number of carbonyl (C=O) groups excluding carboxylic acids is 2. The van der Waals surface area contributed by atoms with Crippen LogP contribution < -0.4 is 5.32 Å². The molecule has 0 radical (unpaired) electrons. The minimum Gasteiger partial charge on any atom is -0.371 e. The second-order valence-corrected chi connectivity index (χ2v) is 7.53. The van der Waals surface area contributed by atoms with Gasteiger partial charge in [0.25, 0.3) is 5.91 Å². The van der Waals surface area contributed by atoms with E-state index in [4.69, 9.17) is 4.74 Å². The van der Waals surface area contributed by atoms with Gasteiger partial charge in [-0.2, -0.15) is 0 Å². The van der Waals surface area contributed by atoms with Gasteiger partial charge in [0.05, 0.1) is 13.1 Å². The lowest BCUT2D eigenvalue weighted by Crippen LogP contribution is -2.66. The summed E-state index contributed by atoms with van der Waals surface area (Å²) in [6.07, 6.45) is 5.71. The van der Waals surface area contributed by atoms with Gasteiger partial charge in [-0.05, 0) is 36.8 Å². The van der Waals surface area contributed by atoms with Crippen molar-refractivity contribution in [1.82, 2.24) is 15.2 Å². The highest BCUT2D eigenvalue weighted by Gasteiger charge is 2.53. The molecule has 0 aromatic carbocycles. The number of ether oxygens (including phenoxy) is 1. The molecule has 0 bridgehead atoms. The molecule has 6 nitrogen and oxygen atoms in total. The number of likely N-dealkylation sites (tertiary alicyclic amines) is 1. The Morgan fingerprint density at radius 1 is 1.36 bits per heavy atom. The average molecular weight is 345 g/mol. The van der Waals surface area contributed by atoms with Crippen molar-refractivity contribution in [2.45, 2.75) is 38.7 Å². The molecule has 2 fully saturated rings. The van der Waals surface area contributed by atoms with Crippen molar-refractivity contribution in [2.24, 2.45) is 11.8 Å². The average Bonchev–Trinajstić information content (AvgIpc) is 2.97. The van der Waals surface area contributed by atoms with Crippen LogP contribution in [0.4, 0.5) is 0 Å². The normalized spacial score (nSPS) is 21.4.